The highest BCUT2D eigenvalue weighted by Gasteiger charge is 2.41. The number of aliphatic imine (C=N–C) groups is 1. The zero-order valence-electron chi connectivity index (χ0n) is 37.2. The Morgan fingerprint density at radius 2 is 1.46 bits per heavy atom. The van der Waals surface area contributed by atoms with Crippen molar-refractivity contribution < 1.29 is 48.6 Å². The van der Waals surface area contributed by atoms with Gasteiger partial charge in [-0.3, -0.25) is 38.6 Å². The monoisotopic (exact) mass is 915 g/mol. The molecule has 0 spiro atoms. The Morgan fingerprint density at radius 1 is 0.785 bits per heavy atom. The Bertz CT molecular complexity index is 1770. The molecule has 2 fully saturated rings. The summed E-state index contributed by atoms with van der Waals surface area (Å²) in [6.45, 7) is -0.201. The van der Waals surface area contributed by atoms with E-state index in [0.29, 0.717) is 69.9 Å². The fourth-order valence-corrected chi connectivity index (χ4v) is 7.92. The maximum atomic E-state index is 13.8. The van der Waals surface area contributed by atoms with Gasteiger partial charge in [0, 0.05) is 45.4 Å². The van der Waals surface area contributed by atoms with Crippen LogP contribution < -0.4 is 54.8 Å². The number of carboxylic acid groups (broad SMARTS) is 1. The van der Waals surface area contributed by atoms with E-state index < -0.39 is 89.7 Å². The number of guanidine groups is 1. The van der Waals surface area contributed by atoms with Gasteiger partial charge in [-0.05, 0) is 63.5 Å². The number of aliphatic hydroxyl groups is 1. The van der Waals surface area contributed by atoms with Gasteiger partial charge in [0.05, 0.1) is 12.6 Å². The Hall–Kier alpha value is -5.87. The lowest BCUT2D eigenvalue weighted by molar-refractivity contribution is -0.145. The van der Waals surface area contributed by atoms with Gasteiger partial charge < -0.3 is 69.9 Å². The van der Waals surface area contributed by atoms with Crippen LogP contribution in [-0.2, 0) is 44.8 Å². The number of carbonyl (C=O) groups excluding carboxylic acids is 7. The highest BCUT2D eigenvalue weighted by atomic mass is 16.4. The van der Waals surface area contributed by atoms with E-state index in [4.69, 9.17) is 22.9 Å². The minimum Gasteiger partial charge on any atom is -0.480 e. The fourth-order valence-electron chi connectivity index (χ4n) is 7.92. The van der Waals surface area contributed by atoms with Crippen LogP contribution in [0.4, 0.5) is 0 Å². The fraction of sp³-hybridized carbons (Fsp3) is 0.651. The third-order valence-electron chi connectivity index (χ3n) is 11.5. The van der Waals surface area contributed by atoms with Crippen molar-refractivity contribution in [3.63, 3.8) is 0 Å². The predicted molar refractivity (Wildman–Crippen MR) is 240 cm³/mol. The quantitative estimate of drug-likeness (QED) is 0.0188. The second-order valence-electron chi connectivity index (χ2n) is 16.6. The molecule has 0 aromatic heterocycles. The third-order valence-corrected chi connectivity index (χ3v) is 11.5. The average Bonchev–Trinajstić information content (AvgIpc) is 3.65. The normalized spacial score (nSPS) is 17.5. The van der Waals surface area contributed by atoms with Crippen molar-refractivity contribution in [2.75, 3.05) is 39.3 Å². The van der Waals surface area contributed by atoms with Crippen LogP contribution >= 0.6 is 0 Å². The second kappa shape index (κ2) is 28.1. The summed E-state index contributed by atoms with van der Waals surface area (Å²) < 4.78 is 0. The maximum Gasteiger partial charge on any atom is 0.326 e. The van der Waals surface area contributed by atoms with Crippen LogP contribution in [0.25, 0.3) is 0 Å². The number of carbonyl (C=O) groups is 8. The summed E-state index contributed by atoms with van der Waals surface area (Å²) in [6.07, 6.45) is 6.24. The number of unbranched alkanes of at least 4 members (excludes halogenated alkanes) is 1. The first-order valence-corrected chi connectivity index (χ1v) is 22.6. The number of likely N-dealkylation sites (tertiary alicyclic amines) is 1. The Balaban J connectivity index is 1.54. The molecule has 7 amide bonds. The van der Waals surface area contributed by atoms with E-state index in [1.165, 1.54) is 4.90 Å². The van der Waals surface area contributed by atoms with Crippen LogP contribution in [0, 0.1) is 0 Å². The van der Waals surface area contributed by atoms with Crippen molar-refractivity contribution >= 4 is 53.3 Å². The SMILES string of the molecule is NCCCC[C@H](N)C(=O)N[C@@H](CCCN=C(N)N)C(=O)NCCC(=O)NC1(C(=O)NCCC(=O)N[C@@H](CO)C(=O)N2CCC[C@H]2C(=O)N[C@@H](Cc2ccccc2)C(=O)O)CCCCCC1. The lowest BCUT2D eigenvalue weighted by Crippen LogP contribution is -2.59. The Labute approximate surface area is 379 Å². The topological polar surface area (TPSA) is 369 Å². The first-order valence-electron chi connectivity index (χ1n) is 22.6. The van der Waals surface area contributed by atoms with Crippen molar-refractivity contribution in [2.24, 2.45) is 27.9 Å². The molecule has 2 aliphatic rings. The van der Waals surface area contributed by atoms with E-state index in [-0.39, 0.29) is 64.2 Å². The van der Waals surface area contributed by atoms with Crippen LogP contribution in [0.3, 0.4) is 0 Å². The zero-order valence-corrected chi connectivity index (χ0v) is 37.2. The molecule has 16 N–H and O–H groups in total. The molecule has 1 aliphatic heterocycles. The summed E-state index contributed by atoms with van der Waals surface area (Å²) in [7, 11) is 0. The number of benzene rings is 1. The van der Waals surface area contributed by atoms with Crippen molar-refractivity contribution in [3.05, 3.63) is 35.9 Å². The molecule has 0 unspecified atom stereocenters. The van der Waals surface area contributed by atoms with Gasteiger partial charge in [0.25, 0.3) is 0 Å². The second-order valence-corrected chi connectivity index (χ2v) is 16.6. The molecule has 3 rings (SSSR count). The minimum absolute atomic E-state index is 0.0314. The van der Waals surface area contributed by atoms with Gasteiger partial charge in [0.1, 0.15) is 29.7 Å². The third kappa shape index (κ3) is 18.3. The van der Waals surface area contributed by atoms with Crippen LogP contribution in [0.2, 0.25) is 0 Å². The molecule has 5 atom stereocenters. The van der Waals surface area contributed by atoms with Crippen molar-refractivity contribution in [3.8, 4) is 0 Å². The van der Waals surface area contributed by atoms with E-state index in [1.54, 1.807) is 30.3 Å². The molecule has 1 heterocycles. The number of nitrogens with zero attached hydrogens (tertiary/aromatic N) is 2. The zero-order chi connectivity index (χ0) is 47.8. The minimum atomic E-state index is -1.40. The van der Waals surface area contributed by atoms with Gasteiger partial charge in [0.2, 0.25) is 41.4 Å². The van der Waals surface area contributed by atoms with E-state index in [2.05, 4.69) is 36.9 Å². The number of nitrogens with two attached hydrogens (primary N) is 4. The van der Waals surface area contributed by atoms with Gasteiger partial charge in [-0.15, -0.1) is 0 Å². The number of carboxylic acids is 1. The van der Waals surface area contributed by atoms with Crippen LogP contribution in [-0.4, -0.2) is 143 Å². The molecule has 1 saturated carbocycles. The average molecular weight is 915 g/mol. The van der Waals surface area contributed by atoms with E-state index in [0.717, 1.165) is 12.8 Å². The van der Waals surface area contributed by atoms with Gasteiger partial charge in [-0.2, -0.15) is 0 Å². The molecule has 362 valence electrons. The number of hydrogen-bond acceptors (Lipinski definition) is 12. The smallest absolute Gasteiger partial charge is 0.326 e. The maximum absolute atomic E-state index is 13.8. The Kier molecular flexibility index (Phi) is 23.1. The van der Waals surface area contributed by atoms with E-state index in [9.17, 15) is 48.6 Å². The Morgan fingerprint density at radius 3 is 2.11 bits per heavy atom. The summed E-state index contributed by atoms with van der Waals surface area (Å²) in [5.41, 5.74) is 21.8. The summed E-state index contributed by atoms with van der Waals surface area (Å²) in [4.78, 5) is 110. The number of rotatable bonds is 27. The summed E-state index contributed by atoms with van der Waals surface area (Å²) in [6, 6.07) is 3.29. The molecule has 1 aromatic rings. The lowest BCUT2D eigenvalue weighted by Gasteiger charge is -2.32. The largest absolute Gasteiger partial charge is 0.480 e. The van der Waals surface area contributed by atoms with Crippen molar-refractivity contribution in [2.45, 2.75) is 138 Å². The number of amides is 7. The number of nitrogens with one attached hydrogen (secondary N) is 6. The number of aliphatic hydroxyl groups excluding tert-OH is 1. The predicted octanol–water partition coefficient (Wildman–Crippen LogP) is -2.52. The molecule has 0 radical (unpaired) electrons. The van der Waals surface area contributed by atoms with Crippen LogP contribution in [0.1, 0.15) is 102 Å². The first-order chi connectivity index (χ1) is 31.1. The molecule has 1 aliphatic carbocycles. The van der Waals surface area contributed by atoms with Crippen LogP contribution in [0.15, 0.2) is 35.3 Å². The molecule has 1 aromatic carbocycles. The summed E-state index contributed by atoms with van der Waals surface area (Å²) in [5.74, 6) is -5.43. The van der Waals surface area contributed by atoms with Gasteiger partial charge in [0.15, 0.2) is 5.96 Å². The lowest BCUT2D eigenvalue weighted by atomic mass is 9.88. The molecule has 0 bridgehead atoms. The van der Waals surface area contributed by atoms with Gasteiger partial charge in [-0.25, -0.2) is 4.79 Å². The molecule has 1 saturated heterocycles. The van der Waals surface area contributed by atoms with Crippen molar-refractivity contribution in [1.82, 2.24) is 36.8 Å². The molecule has 22 nitrogen and oxygen atoms in total. The summed E-state index contributed by atoms with van der Waals surface area (Å²) >= 11 is 0. The van der Waals surface area contributed by atoms with Crippen LogP contribution in [0.5, 0.6) is 0 Å². The first kappa shape index (κ1) is 53.5. The molecule has 22 heteroatoms. The molecular formula is C43H70N12O10. The highest BCUT2D eigenvalue weighted by Crippen LogP contribution is 2.28. The van der Waals surface area contributed by atoms with Gasteiger partial charge in [-0.1, -0.05) is 62.4 Å². The van der Waals surface area contributed by atoms with Gasteiger partial charge >= 0.3 is 5.97 Å². The summed E-state index contributed by atoms with van der Waals surface area (Å²) in [5, 5.41) is 35.8. The number of hydrogen-bond donors (Lipinski definition) is 12. The van der Waals surface area contributed by atoms with E-state index in [1.807, 2.05) is 0 Å². The number of aliphatic carboxylic acids is 1. The van der Waals surface area contributed by atoms with E-state index >= 15 is 0 Å². The standard InChI is InChI=1S/C43H70N12O10/c44-21-9-6-14-29(45)36(59)52-30(15-10-22-50-42(46)47)37(60)48-23-18-35(58)54-43(19-7-1-2-8-20-43)41(65)49-24-17-34(57)51-32(27-56)39(62)55-25-11-16-33(55)38(61)53-31(40(63)64)26-28-12-4-3-5-13-28/h3-5,12-13,29-33,56H,1-2,6-11,14-27,44-45H2,(H,48,60)(H,49,65)(H,51,57)(H,52,59)(H,53,61)(H,54,58)(H,63,64)(H4,46,47,50)/t29-,30-,31-,32-,33-/m0/s1. The highest BCUT2D eigenvalue weighted by molar-refractivity contribution is 5.95. The van der Waals surface area contributed by atoms with Crippen molar-refractivity contribution in [1.29, 1.82) is 0 Å². The molecule has 65 heavy (non-hydrogen) atoms. The molecular weight excluding hydrogens is 845 g/mol.